The van der Waals surface area contributed by atoms with Gasteiger partial charge in [0.05, 0.1) is 31.5 Å². The zero-order valence-corrected chi connectivity index (χ0v) is 15.8. The second-order valence-corrected chi connectivity index (χ2v) is 6.73. The van der Waals surface area contributed by atoms with Gasteiger partial charge >= 0.3 is 11.7 Å². The van der Waals surface area contributed by atoms with Crippen molar-refractivity contribution in [3.63, 3.8) is 0 Å². The van der Waals surface area contributed by atoms with Crippen molar-refractivity contribution in [1.29, 1.82) is 0 Å². The van der Waals surface area contributed by atoms with Crippen molar-refractivity contribution in [2.24, 2.45) is 0 Å². The van der Waals surface area contributed by atoms with E-state index >= 15 is 0 Å². The third-order valence-corrected chi connectivity index (χ3v) is 5.23. The molecule has 142 valence electrons. The van der Waals surface area contributed by atoms with E-state index in [-0.39, 0.29) is 6.54 Å². The maximum atomic E-state index is 12.0. The molecule has 1 aliphatic heterocycles. The van der Waals surface area contributed by atoms with E-state index in [1.807, 2.05) is 18.4 Å². The molecule has 26 heavy (non-hydrogen) atoms. The molecule has 9 heteroatoms. The fraction of sp³-hybridized carbons (Fsp3) is 0.529. The fourth-order valence-electron chi connectivity index (χ4n) is 2.94. The number of benzene rings is 1. The average Bonchev–Trinajstić information content (AvgIpc) is 2.97. The molecule has 0 amide bonds. The van der Waals surface area contributed by atoms with Gasteiger partial charge in [0.25, 0.3) is 0 Å². The molecule has 0 N–H and O–H groups in total. The molecule has 0 atom stereocenters. The molecule has 8 nitrogen and oxygen atoms in total. The molecule has 0 radical (unpaired) electrons. The maximum absolute atomic E-state index is 12.0. The molecular weight excluding hydrogens is 358 g/mol. The van der Waals surface area contributed by atoms with E-state index < -0.39 is 11.7 Å². The lowest BCUT2D eigenvalue weighted by Crippen LogP contribution is -2.40. The fourth-order valence-corrected chi connectivity index (χ4v) is 3.52. The monoisotopic (exact) mass is 381 g/mol. The highest BCUT2D eigenvalue weighted by atomic mass is 32.2. The Morgan fingerprint density at radius 1 is 1.35 bits per heavy atom. The lowest BCUT2D eigenvalue weighted by molar-refractivity contribution is -0.141. The van der Waals surface area contributed by atoms with Gasteiger partial charge in [-0.1, -0.05) is 11.9 Å². The van der Waals surface area contributed by atoms with Crippen LogP contribution in [0.15, 0.2) is 27.4 Å². The molecule has 1 saturated heterocycles. The summed E-state index contributed by atoms with van der Waals surface area (Å²) < 4.78 is 18.8. The van der Waals surface area contributed by atoms with Crippen LogP contribution in [0.1, 0.15) is 0 Å². The summed E-state index contributed by atoms with van der Waals surface area (Å²) in [6.07, 6.45) is 2.02. The van der Waals surface area contributed by atoms with Crippen molar-refractivity contribution < 1.29 is 18.7 Å². The number of nitrogens with zero attached hydrogens (tertiary/aromatic N) is 3. The quantitative estimate of drug-likeness (QED) is 0.523. The first-order chi connectivity index (χ1) is 12.6. The number of aromatic nitrogens is 1. The molecule has 1 aromatic carbocycles. The molecule has 2 heterocycles. The first-order valence-corrected chi connectivity index (χ1v) is 9.62. The van der Waals surface area contributed by atoms with Gasteiger partial charge < -0.3 is 18.2 Å². The minimum Gasteiger partial charge on any atom is -0.468 e. The first-order valence-electron chi connectivity index (χ1n) is 8.44. The molecule has 3 rings (SSSR count). The molecule has 0 spiro atoms. The standard InChI is InChI=1S/C17H23N3O5S/c1-23-16(21)12-19-14-4-3-13(11-15(14)25-17(19)22)20(26-2)6-5-18-7-9-24-10-8-18/h3-4,11H,5-10,12H2,1-2H3. The minimum absolute atomic E-state index is 0.162. The SMILES string of the molecule is COC(=O)Cn1c(=O)oc2cc(N(CCN3CCOCC3)SC)ccc21. The van der Waals surface area contributed by atoms with Crippen LogP contribution in [0.3, 0.4) is 0 Å². The summed E-state index contributed by atoms with van der Waals surface area (Å²) in [5.41, 5.74) is 2.00. The molecule has 0 saturated carbocycles. The third-order valence-electron chi connectivity index (χ3n) is 4.40. The smallest absolute Gasteiger partial charge is 0.420 e. The summed E-state index contributed by atoms with van der Waals surface area (Å²) in [6, 6.07) is 5.57. The third kappa shape index (κ3) is 4.22. The lowest BCUT2D eigenvalue weighted by Gasteiger charge is -2.29. The second-order valence-electron chi connectivity index (χ2n) is 5.92. The number of morpholine rings is 1. The number of rotatable bonds is 7. The zero-order chi connectivity index (χ0) is 18.5. The van der Waals surface area contributed by atoms with Gasteiger partial charge in [-0.25, -0.2) is 4.79 Å². The number of carbonyl (C=O) groups excluding carboxylic acids is 1. The average molecular weight is 381 g/mol. The number of ether oxygens (including phenoxy) is 2. The van der Waals surface area contributed by atoms with Gasteiger partial charge in [-0.3, -0.25) is 14.3 Å². The largest absolute Gasteiger partial charge is 0.468 e. The highest BCUT2D eigenvalue weighted by Crippen LogP contribution is 2.25. The van der Waals surface area contributed by atoms with Crippen LogP contribution in [0.4, 0.5) is 5.69 Å². The number of oxazole rings is 1. The lowest BCUT2D eigenvalue weighted by atomic mass is 10.2. The van der Waals surface area contributed by atoms with Gasteiger partial charge in [0.1, 0.15) is 6.54 Å². The topological polar surface area (TPSA) is 77.1 Å². The number of anilines is 1. The van der Waals surface area contributed by atoms with E-state index in [1.165, 1.54) is 11.7 Å². The minimum atomic E-state index is -0.563. The summed E-state index contributed by atoms with van der Waals surface area (Å²) in [7, 11) is 1.29. The van der Waals surface area contributed by atoms with Gasteiger partial charge in [0, 0.05) is 38.5 Å². The molecule has 1 fully saturated rings. The van der Waals surface area contributed by atoms with E-state index in [1.54, 1.807) is 18.0 Å². The Labute approximate surface area is 155 Å². The van der Waals surface area contributed by atoms with E-state index in [0.29, 0.717) is 11.1 Å². The van der Waals surface area contributed by atoms with Gasteiger partial charge in [0.15, 0.2) is 5.58 Å². The molecule has 0 aliphatic carbocycles. The van der Waals surface area contributed by atoms with Crippen molar-refractivity contribution >= 4 is 34.7 Å². The normalized spacial score (nSPS) is 15.3. The number of esters is 1. The van der Waals surface area contributed by atoms with Crippen molar-refractivity contribution in [3.05, 3.63) is 28.7 Å². The predicted octanol–water partition coefficient (Wildman–Crippen LogP) is 1.18. The van der Waals surface area contributed by atoms with Gasteiger partial charge in [-0.05, 0) is 12.1 Å². The summed E-state index contributed by atoms with van der Waals surface area (Å²) in [5, 5.41) is 0. The molecular formula is C17H23N3O5S. The summed E-state index contributed by atoms with van der Waals surface area (Å²) in [4.78, 5) is 25.9. The van der Waals surface area contributed by atoms with Crippen LogP contribution in [-0.2, 0) is 20.8 Å². The summed E-state index contributed by atoms with van der Waals surface area (Å²) >= 11 is 1.62. The number of methoxy groups -OCH3 is 1. The van der Waals surface area contributed by atoms with Crippen molar-refractivity contribution in [1.82, 2.24) is 9.47 Å². The molecule has 1 aliphatic rings. The predicted molar refractivity (Wildman–Crippen MR) is 101 cm³/mol. The molecule has 1 aromatic heterocycles. The van der Waals surface area contributed by atoms with Crippen molar-refractivity contribution in [2.75, 3.05) is 57.1 Å². The van der Waals surface area contributed by atoms with Crippen LogP contribution in [0.2, 0.25) is 0 Å². The Morgan fingerprint density at radius 3 is 2.81 bits per heavy atom. The van der Waals surface area contributed by atoms with Crippen LogP contribution >= 0.6 is 11.9 Å². The first kappa shape index (κ1) is 18.8. The molecule has 0 unspecified atom stereocenters. The zero-order valence-electron chi connectivity index (χ0n) is 15.0. The molecule has 0 bridgehead atoms. The molecule has 2 aromatic rings. The summed E-state index contributed by atoms with van der Waals surface area (Å²) in [5.74, 6) is -1.05. The Morgan fingerprint density at radius 2 is 2.12 bits per heavy atom. The number of hydrogen-bond acceptors (Lipinski definition) is 8. The number of carbonyl (C=O) groups is 1. The Kier molecular flexibility index (Phi) is 6.23. The van der Waals surface area contributed by atoms with E-state index in [4.69, 9.17) is 9.15 Å². The highest BCUT2D eigenvalue weighted by Gasteiger charge is 2.16. The Balaban J connectivity index is 1.76. The highest BCUT2D eigenvalue weighted by molar-refractivity contribution is 7.99. The van der Waals surface area contributed by atoms with Crippen LogP contribution in [-0.4, -0.2) is 68.2 Å². The van der Waals surface area contributed by atoms with Crippen LogP contribution in [0.5, 0.6) is 0 Å². The van der Waals surface area contributed by atoms with E-state index in [0.717, 1.165) is 45.1 Å². The van der Waals surface area contributed by atoms with Crippen LogP contribution < -0.4 is 10.1 Å². The van der Waals surface area contributed by atoms with Gasteiger partial charge in [0.2, 0.25) is 0 Å². The summed E-state index contributed by atoms with van der Waals surface area (Å²) in [6.45, 7) is 5.09. The maximum Gasteiger partial charge on any atom is 0.420 e. The van der Waals surface area contributed by atoms with Crippen molar-refractivity contribution in [2.45, 2.75) is 6.54 Å². The van der Waals surface area contributed by atoms with Crippen LogP contribution in [0.25, 0.3) is 11.1 Å². The Bertz CT molecular complexity index is 812. The van der Waals surface area contributed by atoms with Crippen LogP contribution in [0, 0.1) is 0 Å². The number of fused-ring (bicyclic) bond motifs is 1. The van der Waals surface area contributed by atoms with Gasteiger partial charge in [-0.2, -0.15) is 0 Å². The Hall–Kier alpha value is -1.97. The number of hydrogen-bond donors (Lipinski definition) is 0. The second kappa shape index (κ2) is 8.61. The van der Waals surface area contributed by atoms with E-state index in [2.05, 4.69) is 13.9 Å². The van der Waals surface area contributed by atoms with Crippen molar-refractivity contribution in [3.8, 4) is 0 Å². The van der Waals surface area contributed by atoms with E-state index in [9.17, 15) is 9.59 Å². The van der Waals surface area contributed by atoms with Gasteiger partial charge in [-0.15, -0.1) is 0 Å².